The van der Waals surface area contributed by atoms with Crippen molar-refractivity contribution in [3.63, 3.8) is 0 Å². The van der Waals surface area contributed by atoms with Crippen LogP contribution in [0.1, 0.15) is 41.4 Å². The number of carbonyl (C=O) groups is 1. The predicted octanol–water partition coefficient (Wildman–Crippen LogP) is 4.42. The molecular weight excluding hydrogens is 330 g/mol. The molecule has 0 aliphatic carbocycles. The van der Waals surface area contributed by atoms with E-state index in [4.69, 9.17) is 0 Å². The van der Waals surface area contributed by atoms with Crippen LogP contribution >= 0.6 is 11.8 Å². The van der Waals surface area contributed by atoms with E-state index in [1.807, 2.05) is 38.9 Å². The zero-order valence-electron chi connectivity index (χ0n) is 16.0. The third kappa shape index (κ3) is 4.60. The van der Waals surface area contributed by atoms with Gasteiger partial charge in [-0.1, -0.05) is 23.9 Å². The van der Waals surface area contributed by atoms with E-state index in [-0.39, 0.29) is 5.91 Å². The molecule has 0 radical (unpaired) electrons. The number of thioether (sulfide) groups is 1. The first-order valence-corrected chi connectivity index (χ1v) is 9.85. The van der Waals surface area contributed by atoms with Gasteiger partial charge in [0.05, 0.1) is 0 Å². The Morgan fingerprint density at radius 1 is 1.12 bits per heavy atom. The number of amides is 1. The predicted molar refractivity (Wildman–Crippen MR) is 106 cm³/mol. The number of carbonyl (C=O) groups excluding carboxylic acids is 1. The molecule has 0 spiro atoms. The molecule has 2 rings (SSSR count). The fourth-order valence-electron chi connectivity index (χ4n) is 3.02. The first-order valence-electron chi connectivity index (χ1n) is 8.63. The van der Waals surface area contributed by atoms with Gasteiger partial charge in [-0.2, -0.15) is 0 Å². The summed E-state index contributed by atoms with van der Waals surface area (Å²) >= 11 is 1.54. The Morgan fingerprint density at radius 3 is 2.32 bits per heavy atom. The maximum Gasteiger partial charge on any atom is 0.227 e. The van der Waals surface area contributed by atoms with Crippen molar-refractivity contribution in [1.29, 1.82) is 0 Å². The lowest BCUT2D eigenvalue weighted by Gasteiger charge is -2.24. The summed E-state index contributed by atoms with van der Waals surface area (Å²) in [6.45, 7) is 10.8. The lowest BCUT2D eigenvalue weighted by molar-refractivity contribution is -0.118. The minimum atomic E-state index is 0.143. The lowest BCUT2D eigenvalue weighted by Crippen LogP contribution is -2.31. The van der Waals surface area contributed by atoms with Crippen LogP contribution in [0.5, 0.6) is 0 Å². The van der Waals surface area contributed by atoms with Crippen LogP contribution in [0.15, 0.2) is 23.4 Å². The van der Waals surface area contributed by atoms with Gasteiger partial charge in [0, 0.05) is 30.0 Å². The second-order valence-electron chi connectivity index (χ2n) is 6.29. The van der Waals surface area contributed by atoms with Crippen LogP contribution in [-0.2, 0) is 11.2 Å². The van der Waals surface area contributed by atoms with Crippen molar-refractivity contribution in [2.75, 3.05) is 17.7 Å². The molecule has 4 nitrogen and oxygen atoms in total. The van der Waals surface area contributed by atoms with Gasteiger partial charge >= 0.3 is 0 Å². The topological polar surface area (TPSA) is 46.1 Å². The Bertz CT molecular complexity index is 751. The number of anilines is 1. The van der Waals surface area contributed by atoms with Gasteiger partial charge in [0.2, 0.25) is 5.91 Å². The quantitative estimate of drug-likeness (QED) is 0.567. The highest BCUT2D eigenvalue weighted by Gasteiger charge is 2.17. The van der Waals surface area contributed by atoms with Gasteiger partial charge in [0.1, 0.15) is 0 Å². The first kappa shape index (κ1) is 19.4. The molecule has 0 bridgehead atoms. The van der Waals surface area contributed by atoms with E-state index in [0.29, 0.717) is 19.4 Å². The van der Waals surface area contributed by atoms with Gasteiger partial charge in [-0.05, 0) is 70.1 Å². The molecule has 0 aliphatic heterocycles. The summed E-state index contributed by atoms with van der Waals surface area (Å²) in [4.78, 5) is 23.7. The molecule has 5 heteroatoms. The van der Waals surface area contributed by atoms with Crippen molar-refractivity contribution in [1.82, 2.24) is 9.97 Å². The van der Waals surface area contributed by atoms with E-state index >= 15 is 0 Å². The Hall–Kier alpha value is -1.88. The maximum atomic E-state index is 12.8. The van der Waals surface area contributed by atoms with Crippen LogP contribution in [0.2, 0.25) is 0 Å². The third-order valence-corrected chi connectivity index (χ3v) is 4.99. The van der Waals surface area contributed by atoms with Gasteiger partial charge in [-0.15, -0.1) is 0 Å². The molecule has 1 heterocycles. The summed E-state index contributed by atoms with van der Waals surface area (Å²) in [5, 5.41) is 0.788. The van der Waals surface area contributed by atoms with E-state index in [2.05, 4.69) is 35.1 Å². The van der Waals surface area contributed by atoms with E-state index in [0.717, 1.165) is 33.4 Å². The molecule has 0 N–H and O–H groups in total. The van der Waals surface area contributed by atoms with Crippen molar-refractivity contribution < 1.29 is 4.79 Å². The van der Waals surface area contributed by atoms with Crippen LogP contribution in [0.4, 0.5) is 5.69 Å². The third-order valence-electron chi connectivity index (χ3n) is 4.44. The van der Waals surface area contributed by atoms with E-state index in [1.165, 1.54) is 5.56 Å². The van der Waals surface area contributed by atoms with Crippen LogP contribution in [0.3, 0.4) is 0 Å². The number of aryl methyl sites for hydroxylation is 4. The molecule has 0 aliphatic rings. The summed E-state index contributed by atoms with van der Waals surface area (Å²) in [6, 6.07) is 6.24. The van der Waals surface area contributed by atoms with Crippen molar-refractivity contribution in [3.8, 4) is 0 Å². The summed E-state index contributed by atoms with van der Waals surface area (Å²) in [6.07, 6.45) is 3.11. The van der Waals surface area contributed by atoms with Crippen LogP contribution in [0.25, 0.3) is 0 Å². The molecule has 0 atom stereocenters. The molecule has 2 aromatic rings. The van der Waals surface area contributed by atoms with E-state index in [1.54, 1.807) is 11.8 Å². The van der Waals surface area contributed by atoms with Crippen LogP contribution in [0, 0.1) is 27.7 Å². The monoisotopic (exact) mass is 357 g/mol. The molecule has 0 fully saturated rings. The van der Waals surface area contributed by atoms with Crippen molar-refractivity contribution >= 4 is 23.4 Å². The van der Waals surface area contributed by atoms with Crippen molar-refractivity contribution in [2.45, 2.75) is 52.6 Å². The fourth-order valence-corrected chi connectivity index (χ4v) is 3.48. The van der Waals surface area contributed by atoms with E-state index in [9.17, 15) is 4.79 Å². The minimum absolute atomic E-state index is 0.143. The molecule has 0 saturated carbocycles. The maximum absolute atomic E-state index is 12.8. The number of benzene rings is 1. The van der Waals surface area contributed by atoms with E-state index < -0.39 is 0 Å². The largest absolute Gasteiger partial charge is 0.312 e. The summed E-state index contributed by atoms with van der Waals surface area (Å²) in [5.74, 6) is 0.143. The molecule has 134 valence electrons. The van der Waals surface area contributed by atoms with Crippen molar-refractivity contribution in [2.24, 2.45) is 0 Å². The lowest BCUT2D eigenvalue weighted by atomic mass is 10.1. The Kier molecular flexibility index (Phi) is 6.59. The second kappa shape index (κ2) is 8.48. The first-order chi connectivity index (χ1) is 11.9. The summed E-state index contributed by atoms with van der Waals surface area (Å²) in [5.41, 5.74) is 6.33. The molecular formula is C20H27N3OS. The summed E-state index contributed by atoms with van der Waals surface area (Å²) < 4.78 is 0. The smallest absolute Gasteiger partial charge is 0.227 e. The fraction of sp³-hybridized carbons (Fsp3) is 0.450. The Labute approximate surface area is 155 Å². The molecule has 1 amide bonds. The van der Waals surface area contributed by atoms with Gasteiger partial charge < -0.3 is 4.90 Å². The number of aromatic nitrogens is 2. The van der Waals surface area contributed by atoms with Crippen LogP contribution < -0.4 is 4.90 Å². The number of hydrogen-bond acceptors (Lipinski definition) is 4. The second-order valence-corrected chi connectivity index (χ2v) is 7.06. The van der Waals surface area contributed by atoms with Crippen molar-refractivity contribution in [3.05, 3.63) is 46.3 Å². The Morgan fingerprint density at radius 2 is 1.76 bits per heavy atom. The molecule has 0 saturated heterocycles. The average Bonchev–Trinajstić information content (AvgIpc) is 2.57. The minimum Gasteiger partial charge on any atom is -0.312 e. The highest BCUT2D eigenvalue weighted by atomic mass is 32.2. The van der Waals surface area contributed by atoms with Gasteiger partial charge in [-0.25, -0.2) is 9.97 Å². The number of nitrogens with zero attached hydrogens (tertiary/aromatic N) is 3. The number of rotatable bonds is 6. The zero-order valence-corrected chi connectivity index (χ0v) is 16.8. The van der Waals surface area contributed by atoms with Gasteiger partial charge in [0.25, 0.3) is 0 Å². The molecule has 0 unspecified atom stereocenters. The molecule has 1 aromatic carbocycles. The SMILES string of the molecule is CCN(C(=O)CCc1c(C)nc(SC)nc1C)c1cc(C)ccc1C. The molecule has 1 aromatic heterocycles. The number of hydrogen-bond donors (Lipinski definition) is 0. The van der Waals surface area contributed by atoms with Gasteiger partial charge in [0.15, 0.2) is 5.16 Å². The highest BCUT2D eigenvalue weighted by molar-refractivity contribution is 7.98. The van der Waals surface area contributed by atoms with Gasteiger partial charge in [-0.3, -0.25) is 4.79 Å². The standard InChI is InChI=1S/C20H27N3OS/c1-7-23(18-12-13(2)8-9-14(18)3)19(24)11-10-17-15(4)21-20(25-6)22-16(17)5/h8-9,12H,7,10-11H2,1-6H3. The summed E-state index contributed by atoms with van der Waals surface area (Å²) in [7, 11) is 0. The highest BCUT2D eigenvalue weighted by Crippen LogP contribution is 2.23. The zero-order chi connectivity index (χ0) is 18.6. The van der Waals surface area contributed by atoms with Crippen LogP contribution in [-0.4, -0.2) is 28.7 Å². The molecule has 25 heavy (non-hydrogen) atoms. The Balaban J connectivity index is 2.17. The normalized spacial score (nSPS) is 10.8. The average molecular weight is 358 g/mol.